The lowest BCUT2D eigenvalue weighted by Gasteiger charge is -2.25. The van der Waals surface area contributed by atoms with Gasteiger partial charge in [-0.05, 0) is 42.5 Å². The lowest BCUT2D eigenvalue weighted by Crippen LogP contribution is -2.29. The van der Waals surface area contributed by atoms with Crippen molar-refractivity contribution in [3.05, 3.63) is 84.9 Å². The molecule has 1 aromatic heterocycles. The molecule has 6 nitrogen and oxygen atoms in total. The van der Waals surface area contributed by atoms with E-state index in [1.807, 2.05) is 62.5 Å². The van der Waals surface area contributed by atoms with Crippen LogP contribution in [0.2, 0.25) is 0 Å². The van der Waals surface area contributed by atoms with Gasteiger partial charge in [-0.15, -0.1) is 0 Å². The standard InChI is InChI=1S/C25H26N4O2/c1-19(20-12-14-22(15-13-20)29-18-26-17-27-29)28(2)25(30)11-6-16-31-24-10-5-8-21-7-3-4-9-23(21)24/h3-5,7-10,12-15,17-19H,6,11,16H2,1-2H3. The summed E-state index contributed by atoms with van der Waals surface area (Å²) in [6.45, 7) is 2.55. The molecule has 1 atom stereocenters. The van der Waals surface area contributed by atoms with Crippen molar-refractivity contribution in [2.75, 3.05) is 13.7 Å². The van der Waals surface area contributed by atoms with Gasteiger partial charge >= 0.3 is 0 Å². The highest BCUT2D eigenvalue weighted by molar-refractivity contribution is 5.88. The second kappa shape index (κ2) is 9.43. The molecule has 4 aromatic rings. The van der Waals surface area contributed by atoms with Crippen LogP contribution < -0.4 is 4.74 Å². The Morgan fingerprint density at radius 3 is 2.61 bits per heavy atom. The number of carbonyl (C=O) groups is 1. The quantitative estimate of drug-likeness (QED) is 0.389. The summed E-state index contributed by atoms with van der Waals surface area (Å²) in [6.07, 6.45) is 4.29. The lowest BCUT2D eigenvalue weighted by atomic mass is 10.1. The average Bonchev–Trinajstić information content (AvgIpc) is 3.36. The molecule has 0 spiro atoms. The van der Waals surface area contributed by atoms with Gasteiger partial charge in [0.15, 0.2) is 0 Å². The van der Waals surface area contributed by atoms with E-state index in [0.717, 1.165) is 27.8 Å². The largest absolute Gasteiger partial charge is 0.493 e. The molecule has 4 rings (SSSR count). The monoisotopic (exact) mass is 414 g/mol. The van der Waals surface area contributed by atoms with Gasteiger partial charge in [-0.1, -0.05) is 48.5 Å². The van der Waals surface area contributed by atoms with Crippen molar-refractivity contribution >= 4 is 16.7 Å². The third kappa shape index (κ3) is 4.74. The lowest BCUT2D eigenvalue weighted by molar-refractivity contribution is -0.132. The summed E-state index contributed by atoms with van der Waals surface area (Å²) in [5, 5.41) is 6.38. The molecular formula is C25H26N4O2. The number of fused-ring (bicyclic) bond motifs is 1. The summed E-state index contributed by atoms with van der Waals surface area (Å²) in [6, 6.07) is 22.2. The molecule has 0 N–H and O–H groups in total. The molecular weight excluding hydrogens is 388 g/mol. The topological polar surface area (TPSA) is 60.2 Å². The van der Waals surface area contributed by atoms with E-state index in [1.54, 1.807) is 15.9 Å². The molecule has 0 aliphatic rings. The highest BCUT2D eigenvalue weighted by Crippen LogP contribution is 2.25. The molecule has 1 heterocycles. The highest BCUT2D eigenvalue weighted by Gasteiger charge is 2.17. The van der Waals surface area contributed by atoms with Gasteiger partial charge in [0.05, 0.1) is 18.3 Å². The van der Waals surface area contributed by atoms with Crippen molar-refractivity contribution in [1.29, 1.82) is 0 Å². The van der Waals surface area contributed by atoms with Crippen molar-refractivity contribution in [2.24, 2.45) is 0 Å². The molecule has 0 aliphatic heterocycles. The summed E-state index contributed by atoms with van der Waals surface area (Å²) in [5.74, 6) is 0.967. The molecule has 0 bridgehead atoms. The maximum Gasteiger partial charge on any atom is 0.222 e. The number of rotatable bonds is 8. The van der Waals surface area contributed by atoms with Crippen LogP contribution in [0.25, 0.3) is 16.5 Å². The van der Waals surface area contributed by atoms with Crippen LogP contribution in [0.15, 0.2) is 79.4 Å². The van der Waals surface area contributed by atoms with Crippen LogP contribution in [0, 0.1) is 0 Å². The van der Waals surface area contributed by atoms with Gasteiger partial charge in [-0.3, -0.25) is 4.79 Å². The first-order valence-electron chi connectivity index (χ1n) is 10.4. The Morgan fingerprint density at radius 2 is 1.84 bits per heavy atom. The molecule has 3 aromatic carbocycles. The number of ether oxygens (including phenoxy) is 1. The SMILES string of the molecule is CC(c1ccc(-n2cncn2)cc1)N(C)C(=O)CCCOc1cccc2ccccc12. The molecule has 0 saturated carbocycles. The molecule has 1 amide bonds. The van der Waals surface area contributed by atoms with E-state index < -0.39 is 0 Å². The fourth-order valence-electron chi connectivity index (χ4n) is 3.59. The summed E-state index contributed by atoms with van der Waals surface area (Å²) in [4.78, 5) is 18.4. The van der Waals surface area contributed by atoms with Gasteiger partial charge in [0, 0.05) is 18.9 Å². The van der Waals surface area contributed by atoms with Crippen molar-refractivity contribution in [3.63, 3.8) is 0 Å². The molecule has 1 unspecified atom stereocenters. The maximum atomic E-state index is 12.7. The zero-order chi connectivity index (χ0) is 21.6. The Labute approximate surface area is 182 Å². The third-order valence-corrected chi connectivity index (χ3v) is 5.58. The molecule has 0 aliphatic carbocycles. The van der Waals surface area contributed by atoms with Crippen LogP contribution in [0.3, 0.4) is 0 Å². The Kier molecular flexibility index (Phi) is 6.26. The maximum absolute atomic E-state index is 12.7. The third-order valence-electron chi connectivity index (χ3n) is 5.58. The molecule has 158 valence electrons. The second-order valence-corrected chi connectivity index (χ2v) is 7.54. The van der Waals surface area contributed by atoms with Gasteiger partial charge in [0.1, 0.15) is 18.4 Å². The van der Waals surface area contributed by atoms with Crippen molar-refractivity contribution in [2.45, 2.75) is 25.8 Å². The zero-order valence-electron chi connectivity index (χ0n) is 17.8. The smallest absolute Gasteiger partial charge is 0.222 e. The summed E-state index contributed by atoms with van der Waals surface area (Å²) in [7, 11) is 1.85. The fraction of sp³-hybridized carbons (Fsp3) is 0.240. The number of hydrogen-bond donors (Lipinski definition) is 0. The zero-order valence-corrected chi connectivity index (χ0v) is 17.8. The minimum absolute atomic E-state index is 0.0173. The van der Waals surface area contributed by atoms with E-state index in [4.69, 9.17) is 4.74 Å². The Balaban J connectivity index is 1.29. The minimum atomic E-state index is -0.0173. The predicted molar refractivity (Wildman–Crippen MR) is 121 cm³/mol. The molecule has 0 fully saturated rings. The van der Waals surface area contributed by atoms with Gasteiger partial charge in [0.25, 0.3) is 0 Å². The van der Waals surface area contributed by atoms with Gasteiger partial charge in [0.2, 0.25) is 5.91 Å². The normalized spacial score (nSPS) is 11.9. The second-order valence-electron chi connectivity index (χ2n) is 7.54. The fourth-order valence-corrected chi connectivity index (χ4v) is 3.59. The summed E-state index contributed by atoms with van der Waals surface area (Å²) < 4.78 is 7.67. The van der Waals surface area contributed by atoms with Crippen molar-refractivity contribution < 1.29 is 9.53 Å². The van der Waals surface area contributed by atoms with Gasteiger partial charge < -0.3 is 9.64 Å². The first kappa shape index (κ1) is 20.6. The number of aromatic nitrogens is 3. The molecule has 0 radical (unpaired) electrons. The first-order chi connectivity index (χ1) is 15.1. The van der Waals surface area contributed by atoms with Crippen LogP contribution in [0.4, 0.5) is 0 Å². The van der Waals surface area contributed by atoms with E-state index in [-0.39, 0.29) is 11.9 Å². The minimum Gasteiger partial charge on any atom is -0.493 e. The van der Waals surface area contributed by atoms with Crippen molar-refractivity contribution in [1.82, 2.24) is 19.7 Å². The van der Waals surface area contributed by atoms with Gasteiger partial charge in [-0.25, -0.2) is 9.67 Å². The number of amides is 1. The predicted octanol–water partition coefficient (Wildman–Crippen LogP) is 4.80. The average molecular weight is 415 g/mol. The van der Waals surface area contributed by atoms with Gasteiger partial charge in [-0.2, -0.15) is 5.10 Å². The van der Waals surface area contributed by atoms with E-state index in [9.17, 15) is 4.79 Å². The number of benzene rings is 3. The summed E-state index contributed by atoms with van der Waals surface area (Å²) in [5.41, 5.74) is 2.01. The van der Waals surface area contributed by atoms with E-state index >= 15 is 0 Å². The Bertz CT molecular complexity index is 1130. The van der Waals surface area contributed by atoms with E-state index in [1.165, 1.54) is 6.33 Å². The van der Waals surface area contributed by atoms with E-state index in [0.29, 0.717) is 19.4 Å². The molecule has 6 heteroatoms. The van der Waals surface area contributed by atoms with E-state index in [2.05, 4.69) is 28.3 Å². The number of hydrogen-bond acceptors (Lipinski definition) is 4. The van der Waals surface area contributed by atoms with Crippen LogP contribution in [-0.4, -0.2) is 39.2 Å². The van der Waals surface area contributed by atoms with Crippen LogP contribution >= 0.6 is 0 Å². The highest BCUT2D eigenvalue weighted by atomic mass is 16.5. The van der Waals surface area contributed by atoms with Crippen LogP contribution in [-0.2, 0) is 4.79 Å². The van der Waals surface area contributed by atoms with Crippen LogP contribution in [0.1, 0.15) is 31.4 Å². The van der Waals surface area contributed by atoms with Crippen molar-refractivity contribution in [3.8, 4) is 11.4 Å². The number of nitrogens with zero attached hydrogens (tertiary/aromatic N) is 4. The number of carbonyl (C=O) groups excluding carboxylic acids is 1. The molecule has 31 heavy (non-hydrogen) atoms. The molecule has 0 saturated heterocycles. The summed E-state index contributed by atoms with van der Waals surface area (Å²) >= 11 is 0. The Morgan fingerprint density at radius 1 is 1.06 bits per heavy atom. The Hall–Kier alpha value is -3.67. The van der Waals surface area contributed by atoms with Crippen LogP contribution in [0.5, 0.6) is 5.75 Å². The first-order valence-corrected chi connectivity index (χ1v) is 10.4.